The normalized spacial score (nSPS) is 12.0. The van der Waals surface area contributed by atoms with Gasteiger partial charge in [0.15, 0.2) is 5.65 Å². The number of hydrogen-bond acceptors (Lipinski definition) is 6. The van der Waals surface area contributed by atoms with Gasteiger partial charge in [0.2, 0.25) is 15.8 Å². The predicted octanol–water partition coefficient (Wildman–Crippen LogP) is 2.11. The molecule has 0 amide bonds. The van der Waals surface area contributed by atoms with Crippen molar-refractivity contribution in [2.24, 2.45) is 0 Å². The highest BCUT2D eigenvalue weighted by Gasteiger charge is 2.17. The van der Waals surface area contributed by atoms with Gasteiger partial charge in [-0.1, -0.05) is 17.7 Å². The van der Waals surface area contributed by atoms with Gasteiger partial charge >= 0.3 is 0 Å². The van der Waals surface area contributed by atoms with Gasteiger partial charge in [0, 0.05) is 18.1 Å². The molecule has 3 rings (SSSR count). The van der Waals surface area contributed by atoms with Crippen LogP contribution in [0.1, 0.15) is 12.2 Å². The third-order valence-electron chi connectivity index (χ3n) is 3.31. The summed E-state index contributed by atoms with van der Waals surface area (Å²) in [6, 6.07) is 8.88. The Morgan fingerprint density at radius 3 is 2.69 bits per heavy atom. The van der Waals surface area contributed by atoms with Crippen LogP contribution in [0.3, 0.4) is 0 Å². The molecule has 0 radical (unpaired) electrons. The predicted molar refractivity (Wildman–Crippen MR) is 90.9 cm³/mol. The highest BCUT2D eigenvalue weighted by atomic mass is 35.5. The number of nitrogens with one attached hydrogen (secondary N) is 2. The van der Waals surface area contributed by atoms with E-state index < -0.39 is 22.3 Å². The quantitative estimate of drug-likeness (QED) is 0.587. The molecule has 0 spiro atoms. The Balaban J connectivity index is 1.61. The summed E-state index contributed by atoms with van der Waals surface area (Å²) < 4.78 is 53.3. The fraction of sp³-hybridized carbons (Fsp3) is 0.214. The highest BCUT2D eigenvalue weighted by Crippen LogP contribution is 2.17. The van der Waals surface area contributed by atoms with Crippen LogP contribution in [0.5, 0.6) is 0 Å². The summed E-state index contributed by atoms with van der Waals surface area (Å²) in [6.07, 6.45) is -2.81. The Morgan fingerprint density at radius 2 is 1.96 bits per heavy atom. The number of nitrogens with zero attached hydrogens (tertiary/aromatic N) is 4. The Morgan fingerprint density at radius 1 is 1.15 bits per heavy atom. The van der Waals surface area contributed by atoms with Crippen molar-refractivity contribution in [3.63, 3.8) is 0 Å². The number of fused-ring (bicyclic) bond motifs is 1. The molecular weight excluding hydrogens is 390 g/mol. The first-order valence-electron chi connectivity index (χ1n) is 7.36. The lowest BCUT2D eigenvalue weighted by atomic mass is 10.4. The molecule has 0 saturated heterocycles. The van der Waals surface area contributed by atoms with E-state index in [1.807, 2.05) is 0 Å². The van der Waals surface area contributed by atoms with Gasteiger partial charge in [-0.05, 0) is 30.3 Å². The van der Waals surface area contributed by atoms with Crippen molar-refractivity contribution >= 4 is 33.1 Å². The zero-order valence-electron chi connectivity index (χ0n) is 13.1. The Labute approximate surface area is 152 Å². The second-order valence-corrected chi connectivity index (χ2v) is 7.33. The summed E-state index contributed by atoms with van der Waals surface area (Å²) in [6.45, 7) is 0.239. The summed E-state index contributed by atoms with van der Waals surface area (Å²) >= 11 is 5.79. The molecule has 0 aliphatic carbocycles. The standard InChI is InChI=1S/C14H13ClF2N6O2S/c15-9-2-1-3-10(8-9)26(24,25)19-7-6-18-11-4-5-12-20-21-14(13(16)17)23(12)22-11/h1-5,8,13,19H,6-7H2,(H,18,22). The van der Waals surface area contributed by atoms with E-state index in [9.17, 15) is 17.2 Å². The van der Waals surface area contributed by atoms with Crippen molar-refractivity contribution in [1.82, 2.24) is 24.5 Å². The average molecular weight is 403 g/mol. The molecule has 0 aliphatic rings. The van der Waals surface area contributed by atoms with Gasteiger partial charge in [0.1, 0.15) is 5.82 Å². The van der Waals surface area contributed by atoms with Crippen LogP contribution in [0.15, 0.2) is 41.3 Å². The van der Waals surface area contributed by atoms with Crippen LogP contribution in [0.25, 0.3) is 5.65 Å². The Hall–Kier alpha value is -2.37. The van der Waals surface area contributed by atoms with Gasteiger partial charge in [-0.3, -0.25) is 0 Å². The first-order valence-corrected chi connectivity index (χ1v) is 9.22. The molecule has 2 N–H and O–H groups in total. The topological polar surface area (TPSA) is 101 Å². The SMILES string of the molecule is O=S(=O)(NCCNc1ccc2nnc(C(F)F)n2n1)c1cccc(Cl)c1. The molecule has 12 heteroatoms. The maximum absolute atomic E-state index is 12.8. The molecular formula is C14H13ClF2N6O2S. The number of anilines is 1. The van der Waals surface area contributed by atoms with Gasteiger partial charge in [0.05, 0.1) is 4.90 Å². The molecule has 26 heavy (non-hydrogen) atoms. The van der Waals surface area contributed by atoms with Crippen LogP contribution in [-0.2, 0) is 10.0 Å². The first-order chi connectivity index (χ1) is 12.4. The number of alkyl halides is 2. The molecule has 0 aliphatic heterocycles. The van der Waals surface area contributed by atoms with Crippen molar-refractivity contribution in [2.75, 3.05) is 18.4 Å². The van der Waals surface area contributed by atoms with Gasteiger partial charge < -0.3 is 5.32 Å². The van der Waals surface area contributed by atoms with Crippen LogP contribution in [0.4, 0.5) is 14.6 Å². The number of aromatic nitrogens is 4. The lowest BCUT2D eigenvalue weighted by Gasteiger charge is -2.09. The Kier molecular flexibility index (Phi) is 5.30. The van der Waals surface area contributed by atoms with Crippen LogP contribution < -0.4 is 10.0 Å². The fourth-order valence-electron chi connectivity index (χ4n) is 2.13. The third-order valence-corrected chi connectivity index (χ3v) is 5.01. The number of rotatable bonds is 7. The van der Waals surface area contributed by atoms with Crippen LogP contribution in [0.2, 0.25) is 5.02 Å². The zero-order valence-corrected chi connectivity index (χ0v) is 14.7. The van der Waals surface area contributed by atoms with E-state index in [0.717, 1.165) is 4.52 Å². The number of sulfonamides is 1. The molecule has 3 aromatic rings. The van der Waals surface area contributed by atoms with Gasteiger partial charge in [-0.15, -0.1) is 15.3 Å². The lowest BCUT2D eigenvalue weighted by Crippen LogP contribution is -2.29. The summed E-state index contributed by atoms with van der Waals surface area (Å²) in [5, 5.41) is 14.1. The second kappa shape index (κ2) is 7.48. The molecule has 0 atom stereocenters. The monoisotopic (exact) mass is 402 g/mol. The molecule has 1 aromatic carbocycles. The largest absolute Gasteiger partial charge is 0.367 e. The number of hydrogen-bond donors (Lipinski definition) is 2. The minimum Gasteiger partial charge on any atom is -0.367 e. The molecule has 0 fully saturated rings. The molecule has 138 valence electrons. The highest BCUT2D eigenvalue weighted by molar-refractivity contribution is 7.89. The molecule has 2 heterocycles. The summed E-state index contributed by atoms with van der Waals surface area (Å²) in [4.78, 5) is 0.0515. The van der Waals surface area contributed by atoms with E-state index in [-0.39, 0.29) is 29.5 Å². The van der Waals surface area contributed by atoms with Crippen molar-refractivity contribution in [3.05, 3.63) is 47.2 Å². The van der Waals surface area contributed by atoms with Crippen molar-refractivity contribution in [1.29, 1.82) is 0 Å². The minimum absolute atomic E-state index is 0.0515. The maximum Gasteiger partial charge on any atom is 0.299 e. The number of benzene rings is 1. The summed E-state index contributed by atoms with van der Waals surface area (Å²) in [5.41, 5.74) is 0.188. The molecule has 0 saturated carbocycles. The minimum atomic E-state index is -3.70. The van der Waals surface area contributed by atoms with Crippen molar-refractivity contribution in [3.8, 4) is 0 Å². The van der Waals surface area contributed by atoms with Crippen LogP contribution >= 0.6 is 11.6 Å². The lowest BCUT2D eigenvalue weighted by molar-refractivity contribution is 0.137. The molecule has 0 unspecified atom stereocenters. The van der Waals surface area contributed by atoms with E-state index in [2.05, 4.69) is 25.3 Å². The van der Waals surface area contributed by atoms with E-state index >= 15 is 0 Å². The van der Waals surface area contributed by atoms with E-state index in [1.165, 1.54) is 30.3 Å². The third kappa shape index (κ3) is 4.06. The first kappa shape index (κ1) is 18.4. The van der Waals surface area contributed by atoms with Gasteiger partial charge in [-0.25, -0.2) is 21.9 Å². The van der Waals surface area contributed by atoms with Crippen molar-refractivity contribution < 1.29 is 17.2 Å². The average Bonchev–Trinajstić information content (AvgIpc) is 3.02. The van der Waals surface area contributed by atoms with E-state index in [0.29, 0.717) is 5.02 Å². The summed E-state index contributed by atoms with van der Waals surface area (Å²) in [7, 11) is -3.70. The van der Waals surface area contributed by atoms with Crippen molar-refractivity contribution in [2.45, 2.75) is 11.3 Å². The van der Waals surface area contributed by atoms with Gasteiger partial charge in [-0.2, -0.15) is 4.52 Å². The zero-order chi connectivity index (χ0) is 18.7. The summed E-state index contributed by atoms with van der Waals surface area (Å²) in [5.74, 6) is -0.286. The molecule has 8 nitrogen and oxygen atoms in total. The van der Waals surface area contributed by atoms with Gasteiger partial charge in [0.25, 0.3) is 6.43 Å². The van der Waals surface area contributed by atoms with E-state index in [1.54, 1.807) is 6.07 Å². The van der Waals surface area contributed by atoms with E-state index in [4.69, 9.17) is 11.6 Å². The second-order valence-electron chi connectivity index (χ2n) is 5.13. The van der Waals surface area contributed by atoms with Crippen LogP contribution in [0, 0.1) is 0 Å². The smallest absolute Gasteiger partial charge is 0.299 e. The maximum atomic E-state index is 12.8. The number of halogens is 3. The molecule has 0 bridgehead atoms. The van der Waals surface area contributed by atoms with Crippen LogP contribution in [-0.4, -0.2) is 41.3 Å². The molecule has 2 aromatic heterocycles. The fourth-order valence-corrected chi connectivity index (χ4v) is 3.46. The Bertz CT molecular complexity index is 1030.